The SMILES string of the molecule is CC.CC.Cc1cc(N(C)c2ccc(F)c(Cl)c2)c(C(=O)NCC(F)(F)F)cc1N. The number of rotatable bonds is 4. The Morgan fingerprint density at radius 1 is 1.13 bits per heavy atom. The van der Waals surface area contributed by atoms with Crippen molar-refractivity contribution in [1.82, 2.24) is 5.32 Å². The fraction of sp³-hybridized carbons (Fsp3) is 0.381. The van der Waals surface area contributed by atoms with E-state index in [0.29, 0.717) is 16.9 Å². The fourth-order valence-electron chi connectivity index (χ4n) is 2.28. The molecule has 0 fully saturated rings. The summed E-state index contributed by atoms with van der Waals surface area (Å²) in [6.07, 6.45) is -4.54. The molecule has 4 nitrogen and oxygen atoms in total. The van der Waals surface area contributed by atoms with Gasteiger partial charge in [0.05, 0.1) is 16.3 Å². The number of benzene rings is 2. The van der Waals surface area contributed by atoms with E-state index in [0.717, 1.165) is 6.07 Å². The first-order chi connectivity index (χ1) is 14.0. The molecule has 0 aliphatic rings. The summed E-state index contributed by atoms with van der Waals surface area (Å²) < 4.78 is 50.5. The summed E-state index contributed by atoms with van der Waals surface area (Å²) in [7, 11) is 1.58. The summed E-state index contributed by atoms with van der Waals surface area (Å²) in [5, 5.41) is 1.70. The van der Waals surface area contributed by atoms with Crippen LogP contribution in [0.2, 0.25) is 5.02 Å². The molecule has 0 unspecified atom stereocenters. The Morgan fingerprint density at radius 3 is 2.20 bits per heavy atom. The topological polar surface area (TPSA) is 58.4 Å². The van der Waals surface area contributed by atoms with Gasteiger partial charge in [0.25, 0.3) is 5.91 Å². The van der Waals surface area contributed by atoms with Crippen LogP contribution in [0.1, 0.15) is 43.6 Å². The smallest absolute Gasteiger partial charge is 0.398 e. The highest BCUT2D eigenvalue weighted by Crippen LogP contribution is 2.32. The molecule has 0 atom stereocenters. The van der Waals surface area contributed by atoms with Crippen LogP contribution < -0.4 is 16.0 Å². The van der Waals surface area contributed by atoms with Gasteiger partial charge in [-0.25, -0.2) is 4.39 Å². The van der Waals surface area contributed by atoms with Gasteiger partial charge in [0.1, 0.15) is 12.4 Å². The molecule has 0 bridgehead atoms. The average Bonchev–Trinajstić information content (AvgIpc) is 2.72. The van der Waals surface area contributed by atoms with E-state index in [1.807, 2.05) is 33.0 Å². The third-order valence-corrected chi connectivity index (χ3v) is 4.02. The van der Waals surface area contributed by atoms with Crippen LogP contribution in [0.4, 0.5) is 34.6 Å². The molecule has 2 rings (SSSR count). The summed E-state index contributed by atoms with van der Waals surface area (Å²) in [6, 6.07) is 6.80. The minimum Gasteiger partial charge on any atom is -0.398 e. The molecule has 30 heavy (non-hydrogen) atoms. The molecule has 0 aliphatic carbocycles. The molecule has 0 spiro atoms. The van der Waals surface area contributed by atoms with E-state index in [-0.39, 0.29) is 16.3 Å². The van der Waals surface area contributed by atoms with Crippen molar-refractivity contribution in [3.8, 4) is 0 Å². The van der Waals surface area contributed by atoms with E-state index < -0.39 is 24.4 Å². The lowest BCUT2D eigenvalue weighted by atomic mass is 10.1. The lowest BCUT2D eigenvalue weighted by Crippen LogP contribution is -2.34. The Hall–Kier alpha value is -2.48. The maximum absolute atomic E-state index is 13.4. The van der Waals surface area contributed by atoms with Crippen LogP contribution in [0.5, 0.6) is 0 Å². The first-order valence-electron chi connectivity index (χ1n) is 9.43. The molecule has 2 aromatic carbocycles. The second-order valence-corrected chi connectivity index (χ2v) is 6.09. The Labute approximate surface area is 180 Å². The molecule has 9 heteroatoms. The Morgan fingerprint density at radius 2 is 1.70 bits per heavy atom. The number of nitrogens with zero attached hydrogens (tertiary/aromatic N) is 1. The first kappa shape index (κ1) is 27.5. The summed E-state index contributed by atoms with van der Waals surface area (Å²) in [5.41, 5.74) is 7.41. The van der Waals surface area contributed by atoms with Gasteiger partial charge in [0.2, 0.25) is 0 Å². The molecule has 168 valence electrons. The van der Waals surface area contributed by atoms with Crippen LogP contribution in [-0.4, -0.2) is 25.7 Å². The van der Waals surface area contributed by atoms with E-state index in [1.54, 1.807) is 20.0 Å². The van der Waals surface area contributed by atoms with Crippen molar-refractivity contribution < 1.29 is 22.4 Å². The number of halogens is 5. The van der Waals surface area contributed by atoms with Gasteiger partial charge in [-0.1, -0.05) is 39.3 Å². The summed E-state index contributed by atoms with van der Waals surface area (Å²) in [4.78, 5) is 13.8. The van der Waals surface area contributed by atoms with Crippen molar-refractivity contribution in [1.29, 1.82) is 0 Å². The second kappa shape index (κ2) is 12.3. The maximum Gasteiger partial charge on any atom is 0.405 e. The highest BCUT2D eigenvalue weighted by molar-refractivity contribution is 6.31. The molecular weight excluding hydrogens is 422 g/mol. The van der Waals surface area contributed by atoms with Crippen molar-refractivity contribution in [2.75, 3.05) is 24.2 Å². The van der Waals surface area contributed by atoms with Gasteiger partial charge in [-0.3, -0.25) is 4.79 Å². The van der Waals surface area contributed by atoms with E-state index in [4.69, 9.17) is 17.3 Å². The van der Waals surface area contributed by atoms with Crippen molar-refractivity contribution in [2.24, 2.45) is 0 Å². The fourth-order valence-corrected chi connectivity index (χ4v) is 2.45. The highest BCUT2D eigenvalue weighted by atomic mass is 35.5. The van der Waals surface area contributed by atoms with Gasteiger partial charge in [0, 0.05) is 18.4 Å². The standard InChI is InChI=1S/C17H16ClF4N3O.2C2H6/c1-9-5-15(25(2)10-3-4-13(19)12(18)6-10)11(7-14(9)23)16(26)24-8-17(20,21)22;2*1-2/h3-7H,8,23H2,1-2H3,(H,24,26);2*1-2H3. The number of nitrogens with one attached hydrogen (secondary N) is 1. The van der Waals surface area contributed by atoms with E-state index in [9.17, 15) is 22.4 Å². The number of hydrogen-bond donors (Lipinski definition) is 2. The highest BCUT2D eigenvalue weighted by Gasteiger charge is 2.29. The Kier molecular flexibility index (Phi) is 11.3. The Balaban J connectivity index is 0.00000198. The molecule has 3 N–H and O–H groups in total. The quantitative estimate of drug-likeness (QED) is 0.414. The van der Waals surface area contributed by atoms with Crippen LogP contribution >= 0.6 is 11.6 Å². The monoisotopic (exact) mass is 449 g/mol. The van der Waals surface area contributed by atoms with Crippen LogP contribution in [0.3, 0.4) is 0 Å². The number of carbonyl (C=O) groups is 1. The molecule has 0 saturated heterocycles. The molecule has 1 amide bonds. The predicted octanol–water partition coefficient (Wildman–Crippen LogP) is 6.48. The molecule has 0 heterocycles. The number of aryl methyl sites for hydroxylation is 1. The zero-order valence-corrected chi connectivity index (χ0v) is 18.7. The number of amides is 1. The van der Waals surface area contributed by atoms with E-state index >= 15 is 0 Å². The minimum absolute atomic E-state index is 0.0414. The molecule has 0 aliphatic heterocycles. The van der Waals surface area contributed by atoms with E-state index in [2.05, 4.69) is 0 Å². The van der Waals surface area contributed by atoms with Crippen molar-refractivity contribution >= 4 is 34.6 Å². The van der Waals surface area contributed by atoms with Gasteiger partial charge in [-0.05, 0) is 42.8 Å². The summed E-state index contributed by atoms with van der Waals surface area (Å²) in [6.45, 7) is 8.23. The predicted molar refractivity (Wildman–Crippen MR) is 116 cm³/mol. The second-order valence-electron chi connectivity index (χ2n) is 5.68. The van der Waals surface area contributed by atoms with Crippen LogP contribution in [-0.2, 0) is 0 Å². The van der Waals surface area contributed by atoms with Gasteiger partial charge in [0.15, 0.2) is 0 Å². The molecule has 2 aromatic rings. The molecule has 0 radical (unpaired) electrons. The molecular formula is C21H28ClF4N3O. The zero-order valence-electron chi connectivity index (χ0n) is 17.9. The Bertz CT molecular complexity index is 842. The van der Waals surface area contributed by atoms with E-state index in [1.165, 1.54) is 23.1 Å². The third kappa shape index (κ3) is 7.74. The maximum atomic E-state index is 13.4. The largest absolute Gasteiger partial charge is 0.405 e. The normalized spacial score (nSPS) is 10.2. The number of anilines is 3. The van der Waals surface area contributed by atoms with Gasteiger partial charge in [-0.15, -0.1) is 0 Å². The van der Waals surface area contributed by atoms with Crippen molar-refractivity contribution in [2.45, 2.75) is 40.8 Å². The lowest BCUT2D eigenvalue weighted by molar-refractivity contribution is -0.123. The van der Waals surface area contributed by atoms with Crippen molar-refractivity contribution in [3.63, 3.8) is 0 Å². The molecule has 0 saturated carbocycles. The summed E-state index contributed by atoms with van der Waals surface area (Å²) in [5.74, 6) is -1.54. The third-order valence-electron chi connectivity index (χ3n) is 3.73. The van der Waals surface area contributed by atoms with Crippen LogP contribution in [0.25, 0.3) is 0 Å². The van der Waals surface area contributed by atoms with Gasteiger partial charge >= 0.3 is 6.18 Å². The molecule has 0 aromatic heterocycles. The first-order valence-corrected chi connectivity index (χ1v) is 9.81. The average molecular weight is 450 g/mol. The van der Waals surface area contributed by atoms with Gasteiger partial charge in [-0.2, -0.15) is 13.2 Å². The zero-order chi connectivity index (χ0) is 23.6. The number of hydrogen-bond acceptors (Lipinski definition) is 3. The van der Waals surface area contributed by atoms with Gasteiger partial charge < -0.3 is 16.0 Å². The van der Waals surface area contributed by atoms with Crippen LogP contribution in [0, 0.1) is 12.7 Å². The van der Waals surface area contributed by atoms with Crippen molar-refractivity contribution in [3.05, 3.63) is 52.3 Å². The lowest BCUT2D eigenvalue weighted by Gasteiger charge is -2.24. The minimum atomic E-state index is -4.54. The number of alkyl halides is 3. The van der Waals surface area contributed by atoms with Crippen LogP contribution in [0.15, 0.2) is 30.3 Å². The number of nitrogens with two attached hydrogens (primary N) is 1. The number of carbonyl (C=O) groups excluding carboxylic acids is 1. The number of nitrogen functional groups attached to an aromatic ring is 1. The summed E-state index contributed by atoms with van der Waals surface area (Å²) >= 11 is 5.78.